The van der Waals surface area contributed by atoms with Crippen molar-refractivity contribution in [2.45, 2.75) is 31.8 Å². The summed E-state index contributed by atoms with van der Waals surface area (Å²) in [5.41, 5.74) is 0. The first kappa shape index (κ1) is 14.9. The van der Waals surface area contributed by atoms with Crippen LogP contribution < -0.4 is 4.72 Å². The molecule has 1 saturated heterocycles. The molecule has 2 heterocycles. The third kappa shape index (κ3) is 3.56. The van der Waals surface area contributed by atoms with Crippen LogP contribution in [0.2, 0.25) is 0 Å². The molecule has 0 aromatic carbocycles. The largest absolute Gasteiger partial charge is 0.480 e. The average molecular weight is 302 g/mol. The molecule has 1 aliphatic heterocycles. The lowest BCUT2D eigenvalue weighted by atomic mass is 10.1. The summed E-state index contributed by atoms with van der Waals surface area (Å²) >= 11 is 0. The van der Waals surface area contributed by atoms with Crippen molar-refractivity contribution in [2.75, 3.05) is 13.1 Å². The van der Waals surface area contributed by atoms with Crippen molar-refractivity contribution in [2.24, 2.45) is 0 Å². The van der Waals surface area contributed by atoms with Crippen LogP contribution in [0.1, 0.15) is 19.3 Å². The van der Waals surface area contributed by atoms with Crippen LogP contribution in [0.4, 0.5) is 0 Å². The summed E-state index contributed by atoms with van der Waals surface area (Å²) in [5, 5.41) is 13.1. The van der Waals surface area contributed by atoms with Crippen LogP contribution in [-0.4, -0.2) is 52.7 Å². The monoisotopic (exact) mass is 302 g/mol. The molecular formula is C11H18N4O4S. The van der Waals surface area contributed by atoms with Crippen LogP contribution in [0.15, 0.2) is 18.5 Å². The van der Waals surface area contributed by atoms with Gasteiger partial charge in [-0.3, -0.25) is 9.48 Å². The van der Waals surface area contributed by atoms with Gasteiger partial charge in [0.05, 0.1) is 6.54 Å². The molecule has 0 aliphatic carbocycles. The van der Waals surface area contributed by atoms with Gasteiger partial charge >= 0.3 is 5.97 Å². The summed E-state index contributed by atoms with van der Waals surface area (Å²) < 4.78 is 29.4. The Hall–Kier alpha value is -1.45. The van der Waals surface area contributed by atoms with Crippen LogP contribution in [0, 0.1) is 0 Å². The summed E-state index contributed by atoms with van der Waals surface area (Å²) in [6, 6.07) is 0.783. The molecule has 2 N–H and O–H groups in total. The molecular weight excluding hydrogens is 284 g/mol. The van der Waals surface area contributed by atoms with Crippen molar-refractivity contribution in [3.05, 3.63) is 18.5 Å². The average Bonchev–Trinajstić information content (AvgIpc) is 2.91. The minimum atomic E-state index is -3.77. The summed E-state index contributed by atoms with van der Waals surface area (Å²) in [7, 11) is -3.77. The van der Waals surface area contributed by atoms with E-state index in [1.807, 2.05) is 0 Å². The van der Waals surface area contributed by atoms with Crippen LogP contribution in [0.25, 0.3) is 0 Å². The fraction of sp³-hybridized carbons (Fsp3) is 0.636. The molecule has 9 heteroatoms. The zero-order valence-electron chi connectivity index (χ0n) is 11.0. The van der Waals surface area contributed by atoms with E-state index in [-0.39, 0.29) is 13.1 Å². The third-order valence-corrected chi connectivity index (χ3v) is 4.86. The highest BCUT2D eigenvalue weighted by atomic mass is 32.2. The molecule has 1 aromatic heterocycles. The molecule has 1 aliphatic rings. The standard InChI is InChI=1S/C11H18N4O4S/c16-11(17)10-4-1-2-8-15(10)20(18,19)13-6-9-14-7-3-5-12-14/h3,5,7,10,13H,1-2,4,6,8-9H2,(H,16,17). The summed E-state index contributed by atoms with van der Waals surface area (Å²) in [5.74, 6) is -1.10. The van der Waals surface area contributed by atoms with E-state index in [0.717, 1.165) is 10.7 Å². The van der Waals surface area contributed by atoms with Gasteiger partial charge in [-0.25, -0.2) is 4.72 Å². The molecule has 0 amide bonds. The molecule has 8 nitrogen and oxygen atoms in total. The second-order valence-corrected chi connectivity index (χ2v) is 6.34. The highest BCUT2D eigenvalue weighted by Crippen LogP contribution is 2.19. The number of aromatic nitrogens is 2. The van der Waals surface area contributed by atoms with Crippen molar-refractivity contribution < 1.29 is 18.3 Å². The van der Waals surface area contributed by atoms with E-state index < -0.39 is 22.2 Å². The van der Waals surface area contributed by atoms with E-state index in [2.05, 4.69) is 9.82 Å². The number of aliphatic carboxylic acids is 1. The molecule has 0 radical (unpaired) electrons. The Balaban J connectivity index is 1.95. The van der Waals surface area contributed by atoms with E-state index in [4.69, 9.17) is 5.11 Å². The molecule has 0 bridgehead atoms. The number of piperidine rings is 1. The van der Waals surface area contributed by atoms with Crippen molar-refractivity contribution in [3.63, 3.8) is 0 Å². The Morgan fingerprint density at radius 3 is 2.90 bits per heavy atom. The van der Waals surface area contributed by atoms with E-state index in [9.17, 15) is 13.2 Å². The van der Waals surface area contributed by atoms with Crippen molar-refractivity contribution in [1.82, 2.24) is 18.8 Å². The van der Waals surface area contributed by atoms with Gasteiger partial charge in [0.2, 0.25) is 0 Å². The normalized spacial score (nSPS) is 20.9. The smallest absolute Gasteiger partial charge is 0.322 e. The Kier molecular flexibility index (Phi) is 4.73. The molecule has 1 atom stereocenters. The lowest BCUT2D eigenvalue weighted by Gasteiger charge is -2.31. The number of carboxylic acid groups (broad SMARTS) is 1. The molecule has 112 valence electrons. The summed E-state index contributed by atoms with van der Waals surface area (Å²) in [6.45, 7) is 0.818. The summed E-state index contributed by atoms with van der Waals surface area (Å²) in [6.07, 6.45) is 5.12. The predicted molar refractivity (Wildman–Crippen MR) is 71.1 cm³/mol. The van der Waals surface area contributed by atoms with Gasteiger partial charge in [-0.1, -0.05) is 0 Å². The SMILES string of the molecule is O=C(O)C1CCCCN1S(=O)(=O)NCCn1cccn1. The number of rotatable bonds is 6. The van der Waals surface area contributed by atoms with E-state index >= 15 is 0 Å². The van der Waals surface area contributed by atoms with Gasteiger partial charge in [0.1, 0.15) is 6.04 Å². The highest BCUT2D eigenvalue weighted by Gasteiger charge is 2.36. The Morgan fingerprint density at radius 2 is 2.25 bits per heavy atom. The lowest BCUT2D eigenvalue weighted by molar-refractivity contribution is -0.142. The maximum Gasteiger partial charge on any atom is 0.322 e. The molecule has 0 saturated carbocycles. The number of nitrogens with zero attached hydrogens (tertiary/aromatic N) is 3. The van der Waals surface area contributed by atoms with Gasteiger partial charge in [-0.2, -0.15) is 17.8 Å². The minimum Gasteiger partial charge on any atom is -0.480 e. The number of carboxylic acids is 1. The Bertz CT molecular complexity index is 543. The quantitative estimate of drug-likeness (QED) is 0.748. The van der Waals surface area contributed by atoms with Gasteiger partial charge in [0.15, 0.2) is 0 Å². The van der Waals surface area contributed by atoms with Crippen LogP contribution in [0.5, 0.6) is 0 Å². The van der Waals surface area contributed by atoms with Crippen molar-refractivity contribution in [3.8, 4) is 0 Å². The number of hydrogen-bond donors (Lipinski definition) is 2. The zero-order valence-corrected chi connectivity index (χ0v) is 11.8. The summed E-state index contributed by atoms with van der Waals surface area (Å²) in [4.78, 5) is 11.1. The third-order valence-electron chi connectivity index (χ3n) is 3.23. The molecule has 2 rings (SSSR count). The van der Waals surface area contributed by atoms with E-state index in [1.54, 1.807) is 23.1 Å². The van der Waals surface area contributed by atoms with E-state index in [0.29, 0.717) is 19.4 Å². The first-order valence-electron chi connectivity index (χ1n) is 6.47. The lowest BCUT2D eigenvalue weighted by Crippen LogP contribution is -2.52. The molecule has 1 fully saturated rings. The van der Waals surface area contributed by atoms with Crippen LogP contribution in [0.3, 0.4) is 0 Å². The van der Waals surface area contributed by atoms with Gasteiger partial charge in [0.25, 0.3) is 10.2 Å². The second kappa shape index (κ2) is 6.33. The second-order valence-electron chi connectivity index (χ2n) is 4.63. The number of nitrogens with one attached hydrogen (secondary N) is 1. The van der Waals surface area contributed by atoms with Gasteiger partial charge in [-0.05, 0) is 25.3 Å². The number of carbonyl (C=O) groups is 1. The fourth-order valence-electron chi connectivity index (χ4n) is 2.24. The van der Waals surface area contributed by atoms with Gasteiger partial charge in [0, 0.05) is 25.5 Å². The van der Waals surface area contributed by atoms with Crippen LogP contribution in [-0.2, 0) is 21.5 Å². The predicted octanol–water partition coefficient (Wildman–Crippen LogP) is -0.343. The Morgan fingerprint density at radius 1 is 1.45 bits per heavy atom. The van der Waals surface area contributed by atoms with Crippen LogP contribution >= 0.6 is 0 Å². The van der Waals surface area contributed by atoms with E-state index in [1.165, 1.54) is 0 Å². The first-order valence-corrected chi connectivity index (χ1v) is 7.91. The Labute approximate surface area is 117 Å². The van der Waals surface area contributed by atoms with Crippen molar-refractivity contribution >= 4 is 16.2 Å². The van der Waals surface area contributed by atoms with Gasteiger partial charge in [-0.15, -0.1) is 0 Å². The van der Waals surface area contributed by atoms with Gasteiger partial charge < -0.3 is 5.11 Å². The van der Waals surface area contributed by atoms with Crippen molar-refractivity contribution in [1.29, 1.82) is 0 Å². The minimum absolute atomic E-state index is 0.173. The maximum atomic E-state index is 12.2. The topological polar surface area (TPSA) is 105 Å². The zero-order chi connectivity index (χ0) is 14.6. The fourth-order valence-corrected chi connectivity index (χ4v) is 3.66. The molecule has 0 spiro atoms. The highest BCUT2D eigenvalue weighted by molar-refractivity contribution is 7.87. The molecule has 1 aromatic rings. The molecule has 1 unspecified atom stereocenters. The first-order chi connectivity index (χ1) is 9.50. The molecule has 20 heavy (non-hydrogen) atoms. The maximum absolute atomic E-state index is 12.2. The number of hydrogen-bond acceptors (Lipinski definition) is 4.